The molecule has 0 bridgehead atoms. The normalized spacial score (nSPS) is 12.6. The summed E-state index contributed by atoms with van der Waals surface area (Å²) >= 11 is 1.20. The predicted molar refractivity (Wildman–Crippen MR) is 63.5 cm³/mol. The molecular weight excluding hydrogens is 242 g/mol. The molecule has 0 aliphatic carbocycles. The topological polar surface area (TPSA) is 81.2 Å². The van der Waals surface area contributed by atoms with Gasteiger partial charge in [0.05, 0.1) is 11.0 Å². The van der Waals surface area contributed by atoms with Gasteiger partial charge in [0.25, 0.3) is 0 Å². The lowest BCUT2D eigenvalue weighted by molar-refractivity contribution is -0.384. The molecule has 0 fully saturated rings. The number of hydrogen-bond donors (Lipinski definition) is 1. The molecule has 2 aromatic heterocycles. The zero-order valence-electron chi connectivity index (χ0n) is 9.32. The van der Waals surface area contributed by atoms with Crippen molar-refractivity contribution in [3.8, 4) is 5.00 Å². The molecule has 2 aromatic rings. The van der Waals surface area contributed by atoms with Crippen molar-refractivity contribution in [2.45, 2.75) is 20.0 Å². The van der Waals surface area contributed by atoms with Crippen LogP contribution in [0.3, 0.4) is 0 Å². The third-order valence-corrected chi connectivity index (χ3v) is 3.66. The van der Waals surface area contributed by atoms with Gasteiger partial charge in [-0.2, -0.15) is 0 Å². The summed E-state index contributed by atoms with van der Waals surface area (Å²) < 4.78 is 1.65. The minimum absolute atomic E-state index is 0.00741. The number of aryl methyl sites for hydroxylation is 1. The molecule has 0 aliphatic rings. The molecule has 0 radical (unpaired) electrons. The second kappa shape index (κ2) is 4.27. The van der Waals surface area contributed by atoms with Crippen LogP contribution in [-0.4, -0.2) is 19.6 Å². The molecule has 2 heterocycles. The smallest absolute Gasteiger partial charge is 0.304 e. The van der Waals surface area contributed by atoms with Gasteiger partial charge in [-0.1, -0.05) is 0 Å². The van der Waals surface area contributed by atoms with Gasteiger partial charge in [0.15, 0.2) is 5.00 Å². The lowest BCUT2D eigenvalue weighted by Gasteiger charge is -2.00. The lowest BCUT2D eigenvalue weighted by atomic mass is 10.3. The number of nitro groups is 1. The molecule has 2 rings (SSSR count). The molecule has 6 nitrogen and oxygen atoms in total. The number of imidazole rings is 1. The third-order valence-electron chi connectivity index (χ3n) is 2.37. The Hall–Kier alpha value is -1.73. The monoisotopic (exact) mass is 253 g/mol. The van der Waals surface area contributed by atoms with Crippen LogP contribution in [-0.2, 0) is 0 Å². The second-order valence-electron chi connectivity index (χ2n) is 3.62. The first-order valence-electron chi connectivity index (χ1n) is 4.97. The van der Waals surface area contributed by atoms with Crippen LogP contribution in [0.4, 0.5) is 5.69 Å². The van der Waals surface area contributed by atoms with Crippen LogP contribution < -0.4 is 0 Å². The Labute approximate surface area is 101 Å². The van der Waals surface area contributed by atoms with E-state index in [1.807, 2.05) is 0 Å². The maximum Gasteiger partial charge on any atom is 0.304 e. The van der Waals surface area contributed by atoms with E-state index in [0.717, 1.165) is 0 Å². The Morgan fingerprint density at radius 3 is 2.82 bits per heavy atom. The van der Waals surface area contributed by atoms with Gasteiger partial charge in [-0.05, 0) is 13.8 Å². The molecule has 90 valence electrons. The van der Waals surface area contributed by atoms with E-state index in [2.05, 4.69) is 4.98 Å². The first-order chi connectivity index (χ1) is 8.00. The average molecular weight is 253 g/mol. The Kier molecular flexibility index (Phi) is 2.95. The minimum Gasteiger partial charge on any atom is -0.388 e. The van der Waals surface area contributed by atoms with Crippen LogP contribution in [0, 0.1) is 17.0 Å². The third kappa shape index (κ3) is 2.06. The van der Waals surface area contributed by atoms with E-state index >= 15 is 0 Å². The Bertz CT molecular complexity index is 559. The first-order valence-corrected chi connectivity index (χ1v) is 5.79. The number of aliphatic hydroxyl groups is 1. The fourth-order valence-corrected chi connectivity index (χ4v) is 2.59. The van der Waals surface area contributed by atoms with Crippen molar-refractivity contribution >= 4 is 17.0 Å². The van der Waals surface area contributed by atoms with E-state index in [1.54, 1.807) is 30.8 Å². The van der Waals surface area contributed by atoms with Gasteiger partial charge >= 0.3 is 5.69 Å². The van der Waals surface area contributed by atoms with Crippen molar-refractivity contribution in [1.29, 1.82) is 0 Å². The number of aliphatic hydroxyl groups excluding tert-OH is 1. The summed E-state index contributed by atoms with van der Waals surface area (Å²) in [5.41, 5.74) is -0.00741. The molecule has 0 aromatic carbocycles. The van der Waals surface area contributed by atoms with Crippen LogP contribution in [0.1, 0.15) is 23.7 Å². The Morgan fingerprint density at radius 1 is 1.65 bits per heavy atom. The number of aromatic nitrogens is 2. The first kappa shape index (κ1) is 11.7. The second-order valence-corrected chi connectivity index (χ2v) is 4.68. The number of hydrogen-bond acceptors (Lipinski definition) is 5. The molecule has 0 saturated heterocycles. The molecule has 0 saturated carbocycles. The van der Waals surface area contributed by atoms with E-state index in [1.165, 1.54) is 17.4 Å². The van der Waals surface area contributed by atoms with E-state index in [-0.39, 0.29) is 5.69 Å². The van der Waals surface area contributed by atoms with E-state index in [9.17, 15) is 15.2 Å². The highest BCUT2D eigenvalue weighted by Crippen LogP contribution is 2.36. The minimum atomic E-state index is -0.712. The number of thiophene rings is 1. The Morgan fingerprint density at radius 2 is 2.35 bits per heavy atom. The molecule has 0 unspecified atom stereocenters. The van der Waals surface area contributed by atoms with Gasteiger partial charge in [0.1, 0.15) is 5.82 Å². The zero-order valence-corrected chi connectivity index (χ0v) is 10.1. The standard InChI is InChI=1S/C10H11N3O3S/c1-6(14)9-5-8(13(15)16)10(17-9)12-4-3-11-7(12)2/h3-6,14H,1-2H3/t6-/m1/s1. The van der Waals surface area contributed by atoms with Crippen LogP contribution in [0.15, 0.2) is 18.5 Å². The van der Waals surface area contributed by atoms with Gasteiger partial charge in [0.2, 0.25) is 0 Å². The fourth-order valence-electron chi connectivity index (χ4n) is 1.49. The van der Waals surface area contributed by atoms with Crippen molar-refractivity contribution in [2.75, 3.05) is 0 Å². The van der Waals surface area contributed by atoms with Crippen LogP contribution in [0.2, 0.25) is 0 Å². The van der Waals surface area contributed by atoms with E-state index < -0.39 is 11.0 Å². The quantitative estimate of drug-likeness (QED) is 0.671. The maximum atomic E-state index is 11.0. The summed E-state index contributed by atoms with van der Waals surface area (Å²) in [5, 5.41) is 20.9. The van der Waals surface area contributed by atoms with Crippen LogP contribution >= 0.6 is 11.3 Å². The largest absolute Gasteiger partial charge is 0.388 e. The highest BCUT2D eigenvalue weighted by molar-refractivity contribution is 7.15. The van der Waals surface area contributed by atoms with Crippen molar-refractivity contribution in [3.63, 3.8) is 0 Å². The summed E-state index contributed by atoms with van der Waals surface area (Å²) in [6, 6.07) is 1.41. The summed E-state index contributed by atoms with van der Waals surface area (Å²) in [5.74, 6) is 0.673. The number of rotatable bonds is 3. The van der Waals surface area contributed by atoms with Crippen molar-refractivity contribution in [2.24, 2.45) is 0 Å². The molecule has 0 spiro atoms. The summed E-state index contributed by atoms with van der Waals surface area (Å²) in [6.07, 6.45) is 2.54. The average Bonchev–Trinajstić information content (AvgIpc) is 2.82. The molecule has 0 amide bonds. The summed E-state index contributed by atoms with van der Waals surface area (Å²) in [7, 11) is 0. The molecule has 1 atom stereocenters. The van der Waals surface area contributed by atoms with Crippen LogP contribution in [0.5, 0.6) is 0 Å². The fraction of sp³-hybridized carbons (Fsp3) is 0.300. The van der Waals surface area contributed by atoms with Gasteiger partial charge < -0.3 is 5.11 Å². The SMILES string of the molecule is Cc1nccn1-c1sc([C@@H](C)O)cc1[N+](=O)[O-]. The van der Waals surface area contributed by atoms with Gasteiger partial charge in [-0.3, -0.25) is 14.7 Å². The van der Waals surface area contributed by atoms with E-state index in [4.69, 9.17) is 0 Å². The van der Waals surface area contributed by atoms with Gasteiger partial charge in [-0.15, -0.1) is 11.3 Å². The molecule has 17 heavy (non-hydrogen) atoms. The predicted octanol–water partition coefficient (Wildman–Crippen LogP) is 2.20. The van der Waals surface area contributed by atoms with Crippen molar-refractivity contribution in [3.05, 3.63) is 39.3 Å². The van der Waals surface area contributed by atoms with Gasteiger partial charge in [-0.25, -0.2) is 4.98 Å². The molecule has 1 N–H and O–H groups in total. The summed E-state index contributed by atoms with van der Waals surface area (Å²) in [6.45, 7) is 3.35. The van der Waals surface area contributed by atoms with Crippen LogP contribution in [0.25, 0.3) is 5.00 Å². The molecule has 0 aliphatic heterocycles. The highest BCUT2D eigenvalue weighted by Gasteiger charge is 2.22. The molecule has 7 heteroatoms. The lowest BCUT2D eigenvalue weighted by Crippen LogP contribution is -1.96. The Balaban J connectivity index is 2.60. The highest BCUT2D eigenvalue weighted by atomic mass is 32.1. The van der Waals surface area contributed by atoms with Crippen molar-refractivity contribution in [1.82, 2.24) is 9.55 Å². The van der Waals surface area contributed by atoms with E-state index in [0.29, 0.717) is 15.7 Å². The summed E-state index contributed by atoms with van der Waals surface area (Å²) in [4.78, 5) is 15.1. The molecular formula is C10H11N3O3S. The zero-order chi connectivity index (χ0) is 12.6. The van der Waals surface area contributed by atoms with Crippen molar-refractivity contribution < 1.29 is 10.0 Å². The number of nitrogens with zero attached hydrogens (tertiary/aromatic N) is 3. The maximum absolute atomic E-state index is 11.0. The van der Waals surface area contributed by atoms with Gasteiger partial charge in [0, 0.05) is 23.3 Å².